The van der Waals surface area contributed by atoms with Crippen LogP contribution < -0.4 is 25.0 Å². The van der Waals surface area contributed by atoms with Gasteiger partial charge in [-0.2, -0.15) is 0 Å². The number of hydrogen-bond donors (Lipinski definition) is 2. The molecule has 3 aromatic rings. The molecule has 0 bridgehead atoms. The normalized spacial score (nSPS) is 14.3. The molecule has 200 valence electrons. The van der Waals surface area contributed by atoms with Crippen LogP contribution in [0.2, 0.25) is 10.0 Å². The second-order valence-corrected chi connectivity index (χ2v) is 10.1. The number of benzene rings is 3. The van der Waals surface area contributed by atoms with Crippen molar-refractivity contribution in [3.05, 3.63) is 85.4 Å². The first-order chi connectivity index (χ1) is 18.7. The van der Waals surface area contributed by atoms with Crippen LogP contribution >= 0.6 is 45.8 Å². The second-order valence-electron chi connectivity index (χ2n) is 8.04. The molecule has 0 aromatic heterocycles. The minimum absolute atomic E-state index is 0.216. The molecule has 1 aliphatic rings. The van der Waals surface area contributed by atoms with Crippen LogP contribution in [0.5, 0.6) is 11.5 Å². The average molecular weight is 680 g/mol. The van der Waals surface area contributed by atoms with Crippen LogP contribution in [0.15, 0.2) is 66.2 Å². The Morgan fingerprint density at radius 2 is 1.77 bits per heavy atom. The first-order valence-electron chi connectivity index (χ1n) is 11.5. The molecule has 12 heteroatoms. The van der Waals surface area contributed by atoms with Gasteiger partial charge in [-0.05, 0) is 95.8 Å². The van der Waals surface area contributed by atoms with Gasteiger partial charge in [0.05, 0.1) is 15.9 Å². The van der Waals surface area contributed by atoms with Gasteiger partial charge in [-0.15, -0.1) is 0 Å². The van der Waals surface area contributed by atoms with Crippen molar-refractivity contribution in [2.24, 2.45) is 0 Å². The van der Waals surface area contributed by atoms with Gasteiger partial charge in [0.2, 0.25) is 0 Å². The number of imide groups is 2. The Morgan fingerprint density at radius 3 is 2.46 bits per heavy atom. The summed E-state index contributed by atoms with van der Waals surface area (Å²) in [7, 11) is 0. The third-order valence-electron chi connectivity index (χ3n) is 5.29. The fourth-order valence-electron chi connectivity index (χ4n) is 3.62. The minimum atomic E-state index is -0.880. The molecule has 9 nitrogen and oxygen atoms in total. The van der Waals surface area contributed by atoms with Crippen LogP contribution in [0.4, 0.5) is 16.2 Å². The Bertz CT molecular complexity index is 1490. The number of hydrogen-bond acceptors (Lipinski definition) is 6. The SMILES string of the molecule is CCOc1cc(/C=C2\C(=O)NC(=O)N(c3cccc(Cl)c3)C2=O)cc(I)c1OCC(=O)Nc1ccc(Cl)cc1. The van der Waals surface area contributed by atoms with Crippen LogP contribution in [0.25, 0.3) is 6.08 Å². The lowest BCUT2D eigenvalue weighted by molar-refractivity contribution is -0.122. The molecule has 0 unspecified atom stereocenters. The number of barbiturate groups is 1. The van der Waals surface area contributed by atoms with Crippen molar-refractivity contribution in [2.75, 3.05) is 23.4 Å². The maximum absolute atomic E-state index is 13.2. The molecule has 1 aliphatic heterocycles. The zero-order valence-electron chi connectivity index (χ0n) is 20.3. The summed E-state index contributed by atoms with van der Waals surface area (Å²) < 4.78 is 12.0. The van der Waals surface area contributed by atoms with E-state index in [4.69, 9.17) is 32.7 Å². The number of halogens is 3. The molecule has 0 atom stereocenters. The number of urea groups is 1. The summed E-state index contributed by atoms with van der Waals surface area (Å²) in [4.78, 5) is 51.5. The lowest BCUT2D eigenvalue weighted by Gasteiger charge is -2.26. The van der Waals surface area contributed by atoms with Gasteiger partial charge in [0.1, 0.15) is 5.57 Å². The molecule has 5 amide bonds. The number of rotatable bonds is 8. The van der Waals surface area contributed by atoms with Crippen molar-refractivity contribution in [3.63, 3.8) is 0 Å². The number of nitrogens with zero attached hydrogens (tertiary/aromatic N) is 1. The predicted octanol–water partition coefficient (Wildman–Crippen LogP) is 5.68. The largest absolute Gasteiger partial charge is 0.490 e. The molecular weight excluding hydrogens is 660 g/mol. The molecular formula is C27H20Cl2IN3O6. The highest BCUT2D eigenvalue weighted by Gasteiger charge is 2.37. The average Bonchev–Trinajstić information content (AvgIpc) is 2.87. The summed E-state index contributed by atoms with van der Waals surface area (Å²) in [5.41, 5.74) is 0.965. The summed E-state index contributed by atoms with van der Waals surface area (Å²) in [5.74, 6) is -1.41. The lowest BCUT2D eigenvalue weighted by atomic mass is 10.1. The minimum Gasteiger partial charge on any atom is -0.490 e. The van der Waals surface area contributed by atoms with Gasteiger partial charge in [-0.3, -0.25) is 19.7 Å². The molecule has 3 aromatic carbocycles. The Labute approximate surface area is 247 Å². The maximum atomic E-state index is 13.2. The van der Waals surface area contributed by atoms with Crippen molar-refractivity contribution in [1.82, 2.24) is 5.32 Å². The van der Waals surface area contributed by atoms with E-state index in [-0.39, 0.29) is 17.9 Å². The number of carbonyl (C=O) groups is 4. The molecule has 0 saturated carbocycles. The third kappa shape index (κ3) is 6.88. The van der Waals surface area contributed by atoms with E-state index < -0.39 is 23.8 Å². The number of anilines is 2. The number of carbonyl (C=O) groups excluding carboxylic acids is 4. The quantitative estimate of drug-likeness (QED) is 0.180. The van der Waals surface area contributed by atoms with E-state index in [1.807, 2.05) is 22.6 Å². The Hall–Kier alpha value is -3.61. The molecule has 1 heterocycles. The van der Waals surface area contributed by atoms with Crippen LogP contribution in [-0.4, -0.2) is 37.0 Å². The van der Waals surface area contributed by atoms with Gasteiger partial charge >= 0.3 is 6.03 Å². The fraction of sp³-hybridized carbons (Fsp3) is 0.111. The van der Waals surface area contributed by atoms with Crippen molar-refractivity contribution in [2.45, 2.75) is 6.92 Å². The predicted molar refractivity (Wildman–Crippen MR) is 156 cm³/mol. The van der Waals surface area contributed by atoms with Crippen LogP contribution in [0.3, 0.4) is 0 Å². The summed E-state index contributed by atoms with van der Waals surface area (Å²) in [6.45, 7) is 1.78. The molecule has 0 aliphatic carbocycles. The molecule has 4 rings (SSSR count). The third-order valence-corrected chi connectivity index (χ3v) is 6.57. The number of nitrogens with one attached hydrogen (secondary N) is 2. The second kappa shape index (κ2) is 12.5. The Balaban J connectivity index is 1.58. The molecule has 1 saturated heterocycles. The Morgan fingerprint density at radius 1 is 1.03 bits per heavy atom. The highest BCUT2D eigenvalue weighted by molar-refractivity contribution is 14.1. The van der Waals surface area contributed by atoms with E-state index in [9.17, 15) is 19.2 Å². The van der Waals surface area contributed by atoms with Crippen molar-refractivity contribution >= 4 is 87.0 Å². The first kappa shape index (κ1) is 28.4. The standard InChI is InChI=1S/C27H20Cl2IN3O6/c1-2-38-22-12-15(11-21(30)24(22)39-14-23(34)31-18-8-6-16(28)7-9-18)10-20-25(35)32-27(37)33(26(20)36)19-5-3-4-17(29)13-19/h3-13H,2,14H2,1H3,(H,31,34)(H,32,35,37)/b20-10+. The maximum Gasteiger partial charge on any atom is 0.335 e. The lowest BCUT2D eigenvalue weighted by Crippen LogP contribution is -2.54. The highest BCUT2D eigenvalue weighted by Crippen LogP contribution is 2.35. The zero-order chi connectivity index (χ0) is 28.1. The summed E-state index contributed by atoms with van der Waals surface area (Å²) in [6, 6.07) is 15.2. The molecule has 2 N–H and O–H groups in total. The van der Waals surface area contributed by atoms with Gasteiger partial charge in [0, 0.05) is 15.7 Å². The Kier molecular flexibility index (Phi) is 9.10. The van der Waals surface area contributed by atoms with Crippen LogP contribution in [0, 0.1) is 3.57 Å². The van der Waals surface area contributed by atoms with E-state index >= 15 is 0 Å². The summed E-state index contributed by atoms with van der Waals surface area (Å²) >= 11 is 13.9. The van der Waals surface area contributed by atoms with E-state index in [1.165, 1.54) is 18.2 Å². The van der Waals surface area contributed by atoms with E-state index in [0.29, 0.717) is 43.0 Å². The van der Waals surface area contributed by atoms with Gasteiger partial charge < -0.3 is 14.8 Å². The number of amides is 5. The van der Waals surface area contributed by atoms with Gasteiger partial charge in [-0.25, -0.2) is 9.69 Å². The van der Waals surface area contributed by atoms with Gasteiger partial charge in [0.15, 0.2) is 18.1 Å². The van der Waals surface area contributed by atoms with E-state index in [1.54, 1.807) is 55.5 Å². The first-order valence-corrected chi connectivity index (χ1v) is 13.3. The smallest absolute Gasteiger partial charge is 0.335 e. The molecule has 0 spiro atoms. The highest BCUT2D eigenvalue weighted by atomic mass is 127. The van der Waals surface area contributed by atoms with Crippen LogP contribution in [0.1, 0.15) is 12.5 Å². The summed E-state index contributed by atoms with van der Waals surface area (Å²) in [6.07, 6.45) is 1.35. The topological polar surface area (TPSA) is 114 Å². The molecule has 39 heavy (non-hydrogen) atoms. The number of ether oxygens (including phenoxy) is 2. The zero-order valence-corrected chi connectivity index (χ0v) is 24.0. The van der Waals surface area contributed by atoms with E-state index in [2.05, 4.69) is 10.6 Å². The fourth-order valence-corrected chi connectivity index (χ4v) is 4.71. The summed E-state index contributed by atoms with van der Waals surface area (Å²) in [5, 5.41) is 5.76. The monoisotopic (exact) mass is 679 g/mol. The van der Waals surface area contributed by atoms with Crippen molar-refractivity contribution in [3.8, 4) is 11.5 Å². The van der Waals surface area contributed by atoms with Gasteiger partial charge in [0.25, 0.3) is 17.7 Å². The van der Waals surface area contributed by atoms with E-state index in [0.717, 1.165) is 4.90 Å². The molecule has 1 fully saturated rings. The van der Waals surface area contributed by atoms with Gasteiger partial charge in [-0.1, -0.05) is 29.3 Å². The van der Waals surface area contributed by atoms with Crippen molar-refractivity contribution in [1.29, 1.82) is 0 Å². The van der Waals surface area contributed by atoms with Crippen LogP contribution in [-0.2, 0) is 14.4 Å². The van der Waals surface area contributed by atoms with Crippen molar-refractivity contribution < 1.29 is 28.7 Å². The molecule has 0 radical (unpaired) electrons.